The summed E-state index contributed by atoms with van der Waals surface area (Å²) in [5.74, 6) is -1.21. The van der Waals surface area contributed by atoms with Crippen LogP contribution < -0.4 is 5.32 Å². The Kier molecular flexibility index (Phi) is 5.96. The molecule has 5 nitrogen and oxygen atoms in total. The van der Waals surface area contributed by atoms with Gasteiger partial charge in [-0.15, -0.1) is 0 Å². The summed E-state index contributed by atoms with van der Waals surface area (Å²) < 4.78 is 5.47. The Balaban J connectivity index is 1.43. The smallest absolute Gasteiger partial charge is 0.407 e. The highest BCUT2D eigenvalue weighted by atomic mass is 35.5. The number of carbonyl (C=O) groups excluding carboxylic acids is 1. The Morgan fingerprint density at radius 3 is 2.23 bits per heavy atom. The lowest BCUT2D eigenvalue weighted by atomic mass is 9.98. The molecule has 1 aliphatic carbocycles. The topological polar surface area (TPSA) is 75.6 Å². The Bertz CT molecular complexity index is 1100. The maximum atomic E-state index is 12.4. The molecule has 1 atom stereocenters. The lowest BCUT2D eigenvalue weighted by Crippen LogP contribution is -2.42. The Morgan fingerprint density at radius 2 is 1.65 bits per heavy atom. The van der Waals surface area contributed by atoms with Crippen molar-refractivity contribution in [2.24, 2.45) is 0 Å². The number of fused-ring (bicyclic) bond motifs is 3. The van der Waals surface area contributed by atoms with E-state index in [-0.39, 0.29) is 18.9 Å². The van der Waals surface area contributed by atoms with Crippen LogP contribution in [0.15, 0.2) is 66.7 Å². The van der Waals surface area contributed by atoms with Gasteiger partial charge in [-0.3, -0.25) is 0 Å². The summed E-state index contributed by atoms with van der Waals surface area (Å²) in [4.78, 5) is 24.1. The maximum absolute atomic E-state index is 12.4. The minimum atomic E-state index is -1.12. The molecular weight excluding hydrogens is 414 g/mol. The number of aliphatic carboxylic acids is 1. The molecule has 0 heterocycles. The van der Waals surface area contributed by atoms with E-state index in [0.717, 1.165) is 33.4 Å². The number of halogens is 1. The summed E-state index contributed by atoms with van der Waals surface area (Å²) in [6.07, 6.45) is -0.614. The van der Waals surface area contributed by atoms with Gasteiger partial charge in [0, 0.05) is 17.4 Å². The van der Waals surface area contributed by atoms with Gasteiger partial charge in [0.2, 0.25) is 0 Å². The average Bonchev–Trinajstić information content (AvgIpc) is 3.08. The zero-order valence-electron chi connectivity index (χ0n) is 17.0. The number of carbonyl (C=O) groups is 2. The third-order valence-electron chi connectivity index (χ3n) is 5.60. The first-order valence-electron chi connectivity index (χ1n) is 10.0. The SMILES string of the molecule is Cc1cc(C[C@H](NC(=O)OCC2c3ccccc3-c3ccccc32)C(=O)O)ccc1Cl. The van der Waals surface area contributed by atoms with Gasteiger partial charge in [0.1, 0.15) is 12.6 Å². The molecule has 0 aliphatic heterocycles. The number of hydrogen-bond acceptors (Lipinski definition) is 3. The lowest BCUT2D eigenvalue weighted by Gasteiger charge is -2.18. The highest BCUT2D eigenvalue weighted by molar-refractivity contribution is 6.31. The van der Waals surface area contributed by atoms with Gasteiger partial charge in [0.15, 0.2) is 0 Å². The van der Waals surface area contributed by atoms with E-state index in [1.165, 1.54) is 0 Å². The van der Waals surface area contributed by atoms with Gasteiger partial charge in [-0.25, -0.2) is 9.59 Å². The summed E-state index contributed by atoms with van der Waals surface area (Å²) in [6, 6.07) is 20.3. The van der Waals surface area contributed by atoms with Crippen molar-refractivity contribution in [2.45, 2.75) is 25.3 Å². The van der Waals surface area contributed by atoms with Gasteiger partial charge in [0.25, 0.3) is 0 Å². The molecule has 0 fully saturated rings. The first-order valence-corrected chi connectivity index (χ1v) is 10.4. The van der Waals surface area contributed by atoms with Crippen molar-refractivity contribution in [3.8, 4) is 11.1 Å². The standard InChI is InChI=1S/C25H22ClNO4/c1-15-12-16(10-11-22(15)26)13-23(24(28)29)27-25(30)31-14-21-19-8-4-2-6-17(19)18-7-3-5-9-20(18)21/h2-12,21,23H,13-14H2,1H3,(H,27,30)(H,28,29)/t23-/m0/s1. The molecule has 0 bridgehead atoms. The number of amides is 1. The molecule has 6 heteroatoms. The number of alkyl carbamates (subject to hydrolysis) is 1. The fourth-order valence-electron chi connectivity index (χ4n) is 4.05. The van der Waals surface area contributed by atoms with Gasteiger partial charge in [0.05, 0.1) is 0 Å². The van der Waals surface area contributed by atoms with E-state index in [9.17, 15) is 14.7 Å². The van der Waals surface area contributed by atoms with E-state index < -0.39 is 18.1 Å². The van der Waals surface area contributed by atoms with Crippen molar-refractivity contribution in [2.75, 3.05) is 6.61 Å². The molecule has 0 radical (unpaired) electrons. The van der Waals surface area contributed by atoms with Crippen LogP contribution in [0.2, 0.25) is 5.02 Å². The molecule has 1 aliphatic rings. The largest absolute Gasteiger partial charge is 0.480 e. The molecule has 1 amide bonds. The van der Waals surface area contributed by atoms with Crippen LogP contribution in [0.1, 0.15) is 28.2 Å². The molecule has 31 heavy (non-hydrogen) atoms. The van der Waals surface area contributed by atoms with Gasteiger partial charge in [-0.05, 0) is 46.4 Å². The zero-order chi connectivity index (χ0) is 22.0. The van der Waals surface area contributed by atoms with Gasteiger partial charge in [-0.2, -0.15) is 0 Å². The van der Waals surface area contributed by atoms with Crippen LogP contribution in [-0.4, -0.2) is 29.8 Å². The van der Waals surface area contributed by atoms with E-state index in [1.807, 2.05) is 49.4 Å². The van der Waals surface area contributed by atoms with Crippen LogP contribution >= 0.6 is 11.6 Å². The molecule has 3 aromatic rings. The fourth-order valence-corrected chi connectivity index (χ4v) is 4.17. The summed E-state index contributed by atoms with van der Waals surface area (Å²) in [7, 11) is 0. The minimum Gasteiger partial charge on any atom is -0.480 e. The Hall–Kier alpha value is -3.31. The van der Waals surface area contributed by atoms with Crippen LogP contribution in [0.4, 0.5) is 4.79 Å². The van der Waals surface area contributed by atoms with Crippen LogP contribution in [-0.2, 0) is 16.0 Å². The summed E-state index contributed by atoms with van der Waals surface area (Å²) in [5, 5.41) is 12.6. The van der Waals surface area contributed by atoms with Crippen molar-refractivity contribution < 1.29 is 19.4 Å². The van der Waals surface area contributed by atoms with Crippen LogP contribution in [0.25, 0.3) is 11.1 Å². The number of carboxylic acid groups (broad SMARTS) is 1. The van der Waals surface area contributed by atoms with Crippen LogP contribution in [0.3, 0.4) is 0 Å². The maximum Gasteiger partial charge on any atom is 0.407 e. The predicted octanol–water partition coefficient (Wildman–Crippen LogP) is 5.18. The predicted molar refractivity (Wildman–Crippen MR) is 120 cm³/mol. The molecule has 0 unspecified atom stereocenters. The van der Waals surface area contributed by atoms with E-state index in [4.69, 9.17) is 16.3 Å². The highest BCUT2D eigenvalue weighted by Gasteiger charge is 2.29. The second-order valence-corrected chi connectivity index (χ2v) is 8.06. The molecule has 0 spiro atoms. The second kappa shape index (κ2) is 8.82. The monoisotopic (exact) mass is 435 g/mol. The Morgan fingerprint density at radius 1 is 1.03 bits per heavy atom. The number of carboxylic acids is 1. The van der Waals surface area contributed by atoms with Crippen molar-refractivity contribution in [3.63, 3.8) is 0 Å². The molecule has 158 valence electrons. The zero-order valence-corrected chi connectivity index (χ0v) is 17.7. The van der Waals surface area contributed by atoms with E-state index >= 15 is 0 Å². The number of rotatable bonds is 6. The number of aryl methyl sites for hydroxylation is 1. The summed E-state index contributed by atoms with van der Waals surface area (Å²) >= 11 is 6.03. The molecule has 2 N–H and O–H groups in total. The minimum absolute atomic E-state index is 0.0830. The first kappa shape index (κ1) is 20.9. The Labute approximate surface area is 185 Å². The molecule has 3 aromatic carbocycles. The number of nitrogens with one attached hydrogen (secondary N) is 1. The normalized spacial score (nSPS) is 13.2. The number of ether oxygens (including phenoxy) is 1. The molecule has 0 saturated heterocycles. The number of benzene rings is 3. The molecule has 0 aromatic heterocycles. The highest BCUT2D eigenvalue weighted by Crippen LogP contribution is 2.44. The van der Waals surface area contributed by atoms with E-state index in [1.54, 1.807) is 12.1 Å². The molecule has 0 saturated carbocycles. The fraction of sp³-hybridized carbons (Fsp3) is 0.200. The quantitative estimate of drug-likeness (QED) is 0.559. The molecule has 4 rings (SSSR count). The lowest BCUT2D eigenvalue weighted by molar-refractivity contribution is -0.139. The third-order valence-corrected chi connectivity index (χ3v) is 6.02. The van der Waals surface area contributed by atoms with Crippen LogP contribution in [0, 0.1) is 6.92 Å². The van der Waals surface area contributed by atoms with Crippen LogP contribution in [0.5, 0.6) is 0 Å². The van der Waals surface area contributed by atoms with Crippen molar-refractivity contribution >= 4 is 23.7 Å². The average molecular weight is 436 g/mol. The first-order chi connectivity index (χ1) is 14.9. The van der Waals surface area contributed by atoms with Gasteiger partial charge in [-0.1, -0.05) is 72.3 Å². The number of hydrogen-bond donors (Lipinski definition) is 2. The summed E-state index contributed by atoms with van der Waals surface area (Å²) in [5.41, 5.74) is 6.09. The third kappa shape index (κ3) is 4.42. The van der Waals surface area contributed by atoms with Gasteiger partial charge < -0.3 is 15.2 Å². The molecular formula is C25H22ClNO4. The van der Waals surface area contributed by atoms with Crippen molar-refractivity contribution in [1.29, 1.82) is 0 Å². The second-order valence-electron chi connectivity index (χ2n) is 7.65. The van der Waals surface area contributed by atoms with Crippen molar-refractivity contribution in [3.05, 3.63) is 94.0 Å². The van der Waals surface area contributed by atoms with Gasteiger partial charge >= 0.3 is 12.1 Å². The summed E-state index contributed by atoms with van der Waals surface area (Å²) in [6.45, 7) is 1.98. The van der Waals surface area contributed by atoms with E-state index in [2.05, 4.69) is 17.4 Å². The van der Waals surface area contributed by atoms with Crippen molar-refractivity contribution in [1.82, 2.24) is 5.32 Å². The van der Waals surface area contributed by atoms with E-state index in [0.29, 0.717) is 5.02 Å².